The summed E-state index contributed by atoms with van der Waals surface area (Å²) in [5.41, 5.74) is 1.72. The minimum absolute atomic E-state index is 0.110. The fourth-order valence-electron chi connectivity index (χ4n) is 3.04. The van der Waals surface area contributed by atoms with Gasteiger partial charge in [0, 0.05) is 10.5 Å². The molecule has 152 valence electrons. The molecule has 0 aliphatic rings. The lowest BCUT2D eigenvalue weighted by Crippen LogP contribution is -2.08. The molecule has 0 aliphatic carbocycles. The summed E-state index contributed by atoms with van der Waals surface area (Å²) in [4.78, 5) is 5.76. The third-order valence-corrected chi connectivity index (χ3v) is 5.39. The van der Waals surface area contributed by atoms with Crippen molar-refractivity contribution in [2.75, 3.05) is 6.26 Å². The summed E-state index contributed by atoms with van der Waals surface area (Å²) in [6.07, 6.45) is -1.85. The van der Waals surface area contributed by atoms with Crippen molar-refractivity contribution < 1.29 is 13.2 Å². The maximum atomic E-state index is 12.8. The van der Waals surface area contributed by atoms with Crippen LogP contribution in [0.25, 0.3) is 0 Å². The van der Waals surface area contributed by atoms with Gasteiger partial charge in [-0.1, -0.05) is 54.6 Å². The zero-order chi connectivity index (χ0) is 21.6. The molecule has 0 aliphatic heterocycles. The highest BCUT2D eigenvalue weighted by Gasteiger charge is 2.30. The number of hydrogen-bond donors (Lipinski definition) is 0. The normalized spacial score (nSPS) is 13.0. The number of hydrogen-bond acceptors (Lipinski definition) is 3. The first-order valence-electron chi connectivity index (χ1n) is 9.24. The van der Waals surface area contributed by atoms with Gasteiger partial charge in [0.15, 0.2) is 0 Å². The van der Waals surface area contributed by atoms with Crippen molar-refractivity contribution >= 4 is 17.5 Å². The average molecular weight is 424 g/mol. The monoisotopic (exact) mass is 424 g/mol. The van der Waals surface area contributed by atoms with Crippen LogP contribution < -0.4 is 0 Å². The highest BCUT2D eigenvalue weighted by atomic mass is 32.2. The topological polar surface area (TPSA) is 36.1 Å². The Labute approximate surface area is 178 Å². The third kappa shape index (κ3) is 5.52. The highest BCUT2D eigenvalue weighted by Crippen LogP contribution is 2.30. The molecule has 0 unspecified atom stereocenters. The van der Waals surface area contributed by atoms with E-state index in [4.69, 9.17) is 0 Å². The minimum Gasteiger partial charge on any atom is -0.265 e. The molecule has 0 spiro atoms. The molecular weight excluding hydrogens is 405 g/mol. The van der Waals surface area contributed by atoms with Crippen molar-refractivity contribution in [3.05, 3.63) is 101 Å². The summed E-state index contributed by atoms with van der Waals surface area (Å²) in [5.74, 6) is 0. The number of nitrogens with zero attached hydrogens (tertiary/aromatic N) is 2. The van der Waals surface area contributed by atoms with E-state index in [-0.39, 0.29) is 11.8 Å². The number of aliphatic imine (C=N–C) groups is 1. The first kappa shape index (κ1) is 21.7. The van der Waals surface area contributed by atoms with E-state index in [1.807, 2.05) is 66.9 Å². The molecule has 2 nitrogen and oxygen atoms in total. The van der Waals surface area contributed by atoms with Crippen molar-refractivity contribution in [2.45, 2.75) is 23.5 Å². The fraction of sp³-hybridized carbons (Fsp3) is 0.167. The SMILES string of the molecule is CSc1ccc([C@@H](Cc2ccccc2)/N=C(\C#N)c2ccc(C(F)(F)F)cc2)cc1. The van der Waals surface area contributed by atoms with Crippen LogP contribution in [0.4, 0.5) is 13.2 Å². The first-order chi connectivity index (χ1) is 14.4. The van der Waals surface area contributed by atoms with Crippen molar-refractivity contribution in [3.63, 3.8) is 0 Å². The van der Waals surface area contributed by atoms with Crippen molar-refractivity contribution in [1.82, 2.24) is 0 Å². The lowest BCUT2D eigenvalue weighted by atomic mass is 9.98. The van der Waals surface area contributed by atoms with E-state index in [0.717, 1.165) is 28.2 Å². The van der Waals surface area contributed by atoms with Gasteiger partial charge in [-0.2, -0.15) is 18.4 Å². The molecule has 6 heteroatoms. The van der Waals surface area contributed by atoms with Crippen LogP contribution in [0, 0.1) is 11.3 Å². The van der Waals surface area contributed by atoms with Crippen LogP contribution in [0.1, 0.15) is 28.3 Å². The Hall–Kier alpha value is -3.04. The summed E-state index contributed by atoms with van der Waals surface area (Å²) in [5, 5.41) is 9.65. The van der Waals surface area contributed by atoms with Crippen LogP contribution in [-0.4, -0.2) is 12.0 Å². The molecule has 0 radical (unpaired) electrons. The highest BCUT2D eigenvalue weighted by molar-refractivity contribution is 7.98. The van der Waals surface area contributed by atoms with Gasteiger partial charge < -0.3 is 0 Å². The second-order valence-electron chi connectivity index (χ2n) is 6.64. The minimum atomic E-state index is -4.42. The number of alkyl halides is 3. The third-order valence-electron chi connectivity index (χ3n) is 4.65. The van der Waals surface area contributed by atoms with Gasteiger partial charge in [-0.15, -0.1) is 11.8 Å². The second-order valence-corrected chi connectivity index (χ2v) is 7.52. The van der Waals surface area contributed by atoms with E-state index in [9.17, 15) is 18.4 Å². The molecule has 1 atom stereocenters. The molecule has 0 amide bonds. The molecule has 3 aromatic rings. The van der Waals surface area contributed by atoms with Crippen LogP contribution >= 0.6 is 11.8 Å². The van der Waals surface area contributed by atoms with Crippen LogP contribution in [0.15, 0.2) is 88.8 Å². The van der Waals surface area contributed by atoms with Gasteiger partial charge in [-0.05, 0) is 48.1 Å². The summed E-state index contributed by atoms with van der Waals surface area (Å²) in [7, 11) is 0. The summed E-state index contributed by atoms with van der Waals surface area (Å²) in [6.45, 7) is 0. The first-order valence-corrected chi connectivity index (χ1v) is 10.5. The van der Waals surface area contributed by atoms with Gasteiger partial charge in [-0.3, -0.25) is 4.99 Å². The van der Waals surface area contributed by atoms with Crippen molar-refractivity contribution in [3.8, 4) is 6.07 Å². The molecule has 0 aromatic heterocycles. The van der Waals surface area contributed by atoms with E-state index >= 15 is 0 Å². The lowest BCUT2D eigenvalue weighted by Gasteiger charge is -2.15. The number of thioether (sulfide) groups is 1. The molecule has 0 heterocycles. The van der Waals surface area contributed by atoms with Crippen molar-refractivity contribution in [2.24, 2.45) is 4.99 Å². The molecule has 3 aromatic carbocycles. The Kier molecular flexibility index (Phi) is 6.96. The Balaban J connectivity index is 1.98. The maximum absolute atomic E-state index is 12.8. The van der Waals surface area contributed by atoms with Gasteiger partial charge in [0.1, 0.15) is 11.8 Å². The van der Waals surface area contributed by atoms with Crippen molar-refractivity contribution in [1.29, 1.82) is 5.26 Å². The summed E-state index contributed by atoms with van der Waals surface area (Å²) >= 11 is 1.63. The van der Waals surface area contributed by atoms with Crippen LogP contribution in [0.3, 0.4) is 0 Å². The van der Waals surface area contributed by atoms with E-state index in [0.29, 0.717) is 12.0 Å². The van der Waals surface area contributed by atoms with E-state index in [2.05, 4.69) is 4.99 Å². The summed E-state index contributed by atoms with van der Waals surface area (Å²) in [6, 6.07) is 24.0. The Morgan fingerprint density at radius 1 is 0.967 bits per heavy atom. The van der Waals surface area contributed by atoms with Crippen LogP contribution in [-0.2, 0) is 12.6 Å². The molecule has 0 N–H and O–H groups in total. The Bertz CT molecular complexity index is 1040. The Morgan fingerprint density at radius 3 is 2.13 bits per heavy atom. The number of nitriles is 1. The van der Waals surface area contributed by atoms with Gasteiger partial charge >= 0.3 is 6.18 Å². The maximum Gasteiger partial charge on any atom is 0.416 e. The van der Waals surface area contributed by atoms with E-state index < -0.39 is 11.7 Å². The van der Waals surface area contributed by atoms with Gasteiger partial charge in [0.05, 0.1) is 11.6 Å². The van der Waals surface area contributed by atoms with E-state index in [1.165, 1.54) is 12.1 Å². The smallest absolute Gasteiger partial charge is 0.265 e. The molecular formula is C24H19F3N2S. The fourth-order valence-corrected chi connectivity index (χ4v) is 3.45. The molecule has 0 bridgehead atoms. The van der Waals surface area contributed by atoms with E-state index in [1.54, 1.807) is 11.8 Å². The number of benzene rings is 3. The van der Waals surface area contributed by atoms with Crippen LogP contribution in [0.5, 0.6) is 0 Å². The lowest BCUT2D eigenvalue weighted by molar-refractivity contribution is -0.137. The van der Waals surface area contributed by atoms with Gasteiger partial charge in [-0.25, -0.2) is 0 Å². The molecule has 30 heavy (non-hydrogen) atoms. The zero-order valence-corrected chi connectivity index (χ0v) is 17.0. The second kappa shape index (κ2) is 9.64. The predicted octanol–water partition coefficient (Wildman–Crippen LogP) is 6.72. The zero-order valence-electron chi connectivity index (χ0n) is 16.2. The summed E-state index contributed by atoms with van der Waals surface area (Å²) < 4.78 is 38.5. The quantitative estimate of drug-likeness (QED) is 0.325. The number of halogens is 3. The largest absolute Gasteiger partial charge is 0.416 e. The van der Waals surface area contributed by atoms with Gasteiger partial charge in [0.25, 0.3) is 0 Å². The standard InChI is InChI=1S/C24H19F3N2S/c1-30-21-13-9-18(10-14-21)22(15-17-5-3-2-4-6-17)29-23(16-28)19-7-11-20(12-8-19)24(25,26)27/h2-14,22H,15H2,1H3/b29-23+/t22-/m1/s1. The molecule has 0 fully saturated rings. The predicted molar refractivity (Wildman–Crippen MR) is 115 cm³/mol. The van der Waals surface area contributed by atoms with Crippen LogP contribution in [0.2, 0.25) is 0 Å². The number of rotatable bonds is 6. The molecule has 3 rings (SSSR count). The van der Waals surface area contributed by atoms with Gasteiger partial charge in [0.2, 0.25) is 0 Å². The molecule has 0 saturated heterocycles. The molecule has 0 saturated carbocycles. The Morgan fingerprint density at radius 2 is 1.60 bits per heavy atom. The average Bonchev–Trinajstić information content (AvgIpc) is 2.77.